The van der Waals surface area contributed by atoms with Crippen molar-refractivity contribution in [1.82, 2.24) is 9.80 Å². The van der Waals surface area contributed by atoms with Crippen LogP contribution in [0, 0.1) is 23.3 Å². The molecule has 0 aromatic heterocycles. The maximum atomic E-state index is 14.7. The fourth-order valence-electron chi connectivity index (χ4n) is 8.72. The Labute approximate surface area is 370 Å². The zero-order valence-electron chi connectivity index (χ0n) is 33.5. The number of amides is 4. The number of ether oxygens (including phenoxy) is 1. The first-order valence-corrected chi connectivity index (χ1v) is 20.9. The number of aliphatic hydroxyl groups is 1. The molecule has 4 fully saturated rings. The van der Waals surface area contributed by atoms with Crippen molar-refractivity contribution in [3.05, 3.63) is 165 Å². The van der Waals surface area contributed by atoms with Crippen molar-refractivity contribution < 1.29 is 46.6 Å². The summed E-state index contributed by atoms with van der Waals surface area (Å²) < 4.78 is 61.7. The first kappa shape index (κ1) is 43.8. The summed E-state index contributed by atoms with van der Waals surface area (Å²) in [6.07, 6.45) is -0.232. The number of rotatable bonds is 9. The standard InChI is InChI=1S/C27H23ClF2N2O3.C20H17ClF2N2O3/c28-20-8-11-24(23(30)12-20)31-16-25(33)32(15-18-6-9-21(29)10-7-18)27(26(31)34)13-22(14-27)35-17-19-4-2-1-3-5-19;21-13-3-6-17(16(23)7-13)24-11-18(27)25(10-12-1-4-14(22)5-2-12)20(19(24)28)8-15(26)9-20/h1-12,22H,13-17H2;1-7,15,26H,8-11H2. The van der Waals surface area contributed by atoms with E-state index in [-0.39, 0.29) is 103 Å². The largest absolute Gasteiger partial charge is 0.393 e. The van der Waals surface area contributed by atoms with Crippen molar-refractivity contribution in [1.29, 1.82) is 0 Å². The van der Waals surface area contributed by atoms with Gasteiger partial charge in [-0.05, 0) is 77.4 Å². The van der Waals surface area contributed by atoms with Crippen LogP contribution in [0.15, 0.2) is 115 Å². The minimum atomic E-state index is -1.24. The van der Waals surface area contributed by atoms with E-state index in [0.29, 0.717) is 17.7 Å². The molecule has 16 heteroatoms. The van der Waals surface area contributed by atoms with E-state index in [1.807, 2.05) is 30.3 Å². The monoisotopic (exact) mass is 902 g/mol. The molecule has 9 rings (SSSR count). The fourth-order valence-corrected chi connectivity index (χ4v) is 9.04. The first-order chi connectivity index (χ1) is 30.2. The van der Waals surface area contributed by atoms with E-state index in [0.717, 1.165) is 22.6 Å². The van der Waals surface area contributed by atoms with Crippen LogP contribution in [-0.4, -0.2) is 74.9 Å². The molecule has 0 radical (unpaired) electrons. The Balaban J connectivity index is 0.000000177. The molecule has 2 saturated carbocycles. The highest BCUT2D eigenvalue weighted by Gasteiger charge is 2.61. The summed E-state index contributed by atoms with van der Waals surface area (Å²) in [6.45, 7) is 0.0191. The van der Waals surface area contributed by atoms with Crippen molar-refractivity contribution in [2.45, 2.75) is 68.7 Å². The van der Waals surface area contributed by atoms with Gasteiger partial charge in [0.2, 0.25) is 11.8 Å². The van der Waals surface area contributed by atoms with Crippen LogP contribution in [0.4, 0.5) is 28.9 Å². The molecule has 2 spiro atoms. The average molecular weight is 904 g/mol. The minimum Gasteiger partial charge on any atom is -0.393 e. The summed E-state index contributed by atoms with van der Waals surface area (Å²) in [5, 5.41) is 10.3. The zero-order chi connectivity index (χ0) is 44.6. The quantitative estimate of drug-likeness (QED) is 0.150. The number of carbonyl (C=O) groups excluding carboxylic acids is 4. The number of benzene rings is 5. The van der Waals surface area contributed by atoms with Gasteiger partial charge in [0.05, 0.1) is 30.2 Å². The highest BCUT2D eigenvalue weighted by atomic mass is 35.5. The van der Waals surface area contributed by atoms with Crippen LogP contribution < -0.4 is 9.80 Å². The number of anilines is 2. The molecule has 5 aromatic carbocycles. The molecule has 10 nitrogen and oxygen atoms in total. The number of halogens is 6. The summed E-state index contributed by atoms with van der Waals surface area (Å²) in [5.41, 5.74) is -0.0485. The molecule has 326 valence electrons. The summed E-state index contributed by atoms with van der Waals surface area (Å²) >= 11 is 11.7. The highest BCUT2D eigenvalue weighted by Crippen LogP contribution is 2.47. The van der Waals surface area contributed by atoms with E-state index in [1.165, 1.54) is 63.2 Å². The lowest BCUT2D eigenvalue weighted by Crippen LogP contribution is -2.74. The third kappa shape index (κ3) is 8.77. The van der Waals surface area contributed by atoms with Crippen molar-refractivity contribution >= 4 is 58.2 Å². The van der Waals surface area contributed by atoms with E-state index in [9.17, 15) is 41.8 Å². The lowest BCUT2D eigenvalue weighted by atomic mass is 9.70. The number of hydrogen-bond donors (Lipinski definition) is 1. The molecule has 4 aliphatic rings. The number of piperazine rings is 2. The minimum absolute atomic E-state index is 0.0159. The molecule has 63 heavy (non-hydrogen) atoms. The topological polar surface area (TPSA) is 111 Å². The first-order valence-electron chi connectivity index (χ1n) is 20.1. The van der Waals surface area contributed by atoms with Gasteiger partial charge in [-0.3, -0.25) is 29.0 Å². The molecule has 0 bridgehead atoms. The second-order valence-corrected chi connectivity index (χ2v) is 17.0. The molecular formula is C47H40Cl2F4N4O6. The Hall–Kier alpha value is -5.80. The maximum Gasteiger partial charge on any atom is 0.253 e. The summed E-state index contributed by atoms with van der Waals surface area (Å²) in [7, 11) is 0. The third-order valence-corrected chi connectivity index (χ3v) is 12.5. The Morgan fingerprint density at radius 1 is 0.571 bits per heavy atom. The van der Waals surface area contributed by atoms with Gasteiger partial charge >= 0.3 is 0 Å². The van der Waals surface area contributed by atoms with Crippen LogP contribution in [0.2, 0.25) is 10.0 Å². The van der Waals surface area contributed by atoms with Crippen LogP contribution in [0.5, 0.6) is 0 Å². The van der Waals surface area contributed by atoms with E-state index in [1.54, 1.807) is 24.3 Å². The Morgan fingerprint density at radius 3 is 1.41 bits per heavy atom. The lowest BCUT2D eigenvalue weighted by Gasteiger charge is -2.56. The predicted molar refractivity (Wildman–Crippen MR) is 226 cm³/mol. The Bertz CT molecular complexity index is 2540. The van der Waals surface area contributed by atoms with Gasteiger partial charge in [0.15, 0.2) is 0 Å². The third-order valence-electron chi connectivity index (χ3n) is 12.0. The second kappa shape index (κ2) is 17.8. The summed E-state index contributed by atoms with van der Waals surface area (Å²) in [5.74, 6) is -3.64. The van der Waals surface area contributed by atoms with Gasteiger partial charge < -0.3 is 19.6 Å². The second-order valence-electron chi connectivity index (χ2n) is 16.1. The van der Waals surface area contributed by atoms with Gasteiger partial charge in [-0.15, -0.1) is 0 Å². The van der Waals surface area contributed by atoms with E-state index in [4.69, 9.17) is 27.9 Å². The molecule has 2 heterocycles. The van der Waals surface area contributed by atoms with Gasteiger partial charge in [0.1, 0.15) is 47.4 Å². The number of nitrogens with zero attached hydrogens (tertiary/aromatic N) is 4. The molecule has 1 N–H and O–H groups in total. The van der Waals surface area contributed by atoms with Gasteiger partial charge in [-0.1, -0.05) is 77.8 Å². The molecule has 2 aliphatic carbocycles. The smallest absolute Gasteiger partial charge is 0.253 e. The number of hydrogen-bond acceptors (Lipinski definition) is 6. The van der Waals surface area contributed by atoms with Gasteiger partial charge in [0, 0.05) is 48.8 Å². The Morgan fingerprint density at radius 2 is 1.00 bits per heavy atom. The van der Waals surface area contributed by atoms with Crippen LogP contribution in [0.25, 0.3) is 0 Å². The molecule has 5 aromatic rings. The fraction of sp³-hybridized carbons (Fsp3) is 0.277. The number of carbonyl (C=O) groups is 4. The SMILES string of the molecule is O=C1CN(c2ccc(Cl)cc2F)C(=O)C2(CC(O)C2)N1Cc1ccc(F)cc1.O=C1CN(c2ccc(Cl)cc2F)C(=O)C2(CC(OCc3ccccc3)C2)N1Cc1ccc(F)cc1. The van der Waals surface area contributed by atoms with Crippen LogP contribution >= 0.6 is 23.2 Å². The zero-order valence-corrected chi connectivity index (χ0v) is 35.0. The van der Waals surface area contributed by atoms with E-state index in [2.05, 4.69) is 0 Å². The molecule has 0 atom stereocenters. The van der Waals surface area contributed by atoms with Crippen LogP contribution in [-0.2, 0) is 43.6 Å². The molecule has 2 aliphatic heterocycles. The molecular weight excluding hydrogens is 863 g/mol. The number of aliphatic hydroxyl groups excluding tert-OH is 1. The molecule has 4 amide bonds. The predicted octanol–water partition coefficient (Wildman–Crippen LogP) is 8.00. The summed E-state index contributed by atoms with van der Waals surface area (Å²) in [6, 6.07) is 29.1. The van der Waals surface area contributed by atoms with Crippen molar-refractivity contribution in [2.24, 2.45) is 0 Å². The molecule has 0 unspecified atom stereocenters. The van der Waals surface area contributed by atoms with Crippen LogP contribution in [0.1, 0.15) is 42.4 Å². The lowest BCUT2D eigenvalue weighted by molar-refractivity contribution is -0.172. The summed E-state index contributed by atoms with van der Waals surface area (Å²) in [4.78, 5) is 58.6. The van der Waals surface area contributed by atoms with E-state index < -0.39 is 40.5 Å². The highest BCUT2D eigenvalue weighted by molar-refractivity contribution is 6.31. The van der Waals surface area contributed by atoms with Crippen LogP contribution in [0.3, 0.4) is 0 Å². The van der Waals surface area contributed by atoms with Gasteiger partial charge in [-0.2, -0.15) is 0 Å². The Kier molecular flexibility index (Phi) is 12.4. The van der Waals surface area contributed by atoms with Crippen molar-refractivity contribution in [3.8, 4) is 0 Å². The normalized spacial score (nSPS) is 23.2. The maximum absolute atomic E-state index is 14.7. The van der Waals surface area contributed by atoms with Gasteiger partial charge in [0.25, 0.3) is 11.8 Å². The average Bonchev–Trinajstić information content (AvgIpc) is 3.23. The molecule has 2 saturated heterocycles. The van der Waals surface area contributed by atoms with Gasteiger partial charge in [-0.25, -0.2) is 17.6 Å². The van der Waals surface area contributed by atoms with E-state index >= 15 is 0 Å². The van der Waals surface area contributed by atoms with Crippen molar-refractivity contribution in [2.75, 3.05) is 22.9 Å². The van der Waals surface area contributed by atoms with Crippen molar-refractivity contribution in [3.63, 3.8) is 0 Å².